The van der Waals surface area contributed by atoms with Crippen LogP contribution in [0.5, 0.6) is 5.75 Å². The monoisotopic (exact) mass is 262 g/mol. The molecule has 0 spiro atoms. The quantitative estimate of drug-likeness (QED) is 0.792. The second-order valence-electron chi connectivity index (χ2n) is 5.32. The number of ether oxygens (including phenoxy) is 1. The van der Waals surface area contributed by atoms with Crippen molar-refractivity contribution in [2.45, 2.75) is 27.7 Å². The van der Waals surface area contributed by atoms with Gasteiger partial charge < -0.3 is 9.84 Å². The van der Waals surface area contributed by atoms with Gasteiger partial charge in [-0.15, -0.1) is 0 Å². The normalized spacial score (nSPS) is 12.0. The second kappa shape index (κ2) is 6.98. The van der Waals surface area contributed by atoms with E-state index in [1.807, 2.05) is 38.1 Å². The summed E-state index contributed by atoms with van der Waals surface area (Å²) >= 11 is 0. The predicted octanol–water partition coefficient (Wildman–Crippen LogP) is 3.85. The molecule has 19 heavy (non-hydrogen) atoms. The third-order valence-corrected chi connectivity index (χ3v) is 2.67. The van der Waals surface area contributed by atoms with E-state index in [0.717, 1.165) is 16.9 Å². The molecule has 0 unspecified atom stereocenters. The number of carboxylic acid groups (broad SMARTS) is 1. The first-order valence-electron chi connectivity index (χ1n) is 6.58. The van der Waals surface area contributed by atoms with Crippen LogP contribution in [0.25, 0.3) is 5.57 Å². The minimum atomic E-state index is -0.913. The molecular formula is C16H22O3. The van der Waals surface area contributed by atoms with Crippen LogP contribution in [0.2, 0.25) is 0 Å². The molecule has 1 N–H and O–H groups in total. The Hall–Kier alpha value is -1.77. The van der Waals surface area contributed by atoms with Gasteiger partial charge >= 0.3 is 5.97 Å². The Labute approximate surface area is 114 Å². The largest absolute Gasteiger partial charge is 0.493 e. The molecule has 1 aromatic rings. The molecular weight excluding hydrogens is 240 g/mol. The molecule has 3 nitrogen and oxygen atoms in total. The second-order valence-corrected chi connectivity index (χ2v) is 5.32. The third-order valence-electron chi connectivity index (χ3n) is 2.67. The first-order valence-corrected chi connectivity index (χ1v) is 6.58. The summed E-state index contributed by atoms with van der Waals surface area (Å²) in [6.07, 6.45) is 1.27. The molecule has 0 aliphatic heterocycles. The molecule has 0 fully saturated rings. The summed E-state index contributed by atoms with van der Waals surface area (Å²) in [5.41, 5.74) is 1.75. The van der Waals surface area contributed by atoms with Crippen molar-refractivity contribution in [2.24, 2.45) is 11.8 Å². The SMILES string of the molecule is CC(C)COc1ccc(/C(=C/C(=O)O)C(C)C)cc1. The Bertz CT molecular complexity index is 442. The molecule has 0 aromatic heterocycles. The van der Waals surface area contributed by atoms with Crippen LogP contribution in [0.1, 0.15) is 33.3 Å². The highest BCUT2D eigenvalue weighted by atomic mass is 16.5. The standard InChI is InChI=1S/C16H22O3/c1-11(2)10-19-14-7-5-13(6-8-14)15(12(3)4)9-16(17)18/h5-9,11-12H,10H2,1-4H3,(H,17,18)/b15-9+. The number of rotatable bonds is 6. The molecule has 3 heteroatoms. The molecule has 1 aromatic carbocycles. The lowest BCUT2D eigenvalue weighted by Gasteiger charge is -2.13. The van der Waals surface area contributed by atoms with Gasteiger partial charge in [0.2, 0.25) is 0 Å². The van der Waals surface area contributed by atoms with Gasteiger partial charge in [-0.2, -0.15) is 0 Å². The molecule has 0 heterocycles. The maximum atomic E-state index is 10.8. The molecule has 0 aliphatic carbocycles. The number of hydrogen-bond acceptors (Lipinski definition) is 2. The summed E-state index contributed by atoms with van der Waals surface area (Å²) in [5, 5.41) is 8.89. The van der Waals surface area contributed by atoms with Crippen LogP contribution < -0.4 is 4.74 Å². The fraction of sp³-hybridized carbons (Fsp3) is 0.438. The number of carbonyl (C=O) groups is 1. The van der Waals surface area contributed by atoms with Gasteiger partial charge in [0.25, 0.3) is 0 Å². The molecule has 0 atom stereocenters. The molecule has 0 radical (unpaired) electrons. The summed E-state index contributed by atoms with van der Waals surface area (Å²) in [6.45, 7) is 8.85. The van der Waals surface area contributed by atoms with E-state index in [4.69, 9.17) is 9.84 Å². The maximum Gasteiger partial charge on any atom is 0.328 e. The Morgan fingerprint density at radius 2 is 1.79 bits per heavy atom. The molecule has 0 bridgehead atoms. The topological polar surface area (TPSA) is 46.5 Å². The fourth-order valence-electron chi connectivity index (χ4n) is 1.72. The van der Waals surface area contributed by atoms with E-state index in [1.165, 1.54) is 6.08 Å². The van der Waals surface area contributed by atoms with Crippen LogP contribution in [0.15, 0.2) is 30.3 Å². The fourth-order valence-corrected chi connectivity index (χ4v) is 1.72. The summed E-state index contributed by atoms with van der Waals surface area (Å²) in [5.74, 6) is 0.552. The molecule has 0 saturated carbocycles. The first-order chi connectivity index (χ1) is 8.90. The van der Waals surface area contributed by atoms with Gasteiger partial charge in [0.15, 0.2) is 0 Å². The van der Waals surface area contributed by atoms with Crippen molar-refractivity contribution >= 4 is 11.5 Å². The third kappa shape index (κ3) is 5.16. The van der Waals surface area contributed by atoms with E-state index in [1.54, 1.807) is 0 Å². The van der Waals surface area contributed by atoms with Crippen LogP contribution in [-0.4, -0.2) is 17.7 Å². The summed E-state index contributed by atoms with van der Waals surface area (Å²) in [6, 6.07) is 7.58. The highest BCUT2D eigenvalue weighted by Gasteiger charge is 2.09. The minimum absolute atomic E-state index is 0.165. The van der Waals surface area contributed by atoms with E-state index in [2.05, 4.69) is 13.8 Å². The number of benzene rings is 1. The van der Waals surface area contributed by atoms with E-state index in [9.17, 15) is 4.79 Å². The van der Waals surface area contributed by atoms with Gasteiger partial charge in [-0.25, -0.2) is 4.79 Å². The van der Waals surface area contributed by atoms with Gasteiger partial charge in [-0.1, -0.05) is 39.8 Å². The van der Waals surface area contributed by atoms with Crippen LogP contribution >= 0.6 is 0 Å². The Balaban J connectivity index is 2.87. The summed E-state index contributed by atoms with van der Waals surface area (Å²) in [4.78, 5) is 10.8. The number of hydrogen-bond donors (Lipinski definition) is 1. The van der Waals surface area contributed by atoms with Crippen LogP contribution in [0.4, 0.5) is 0 Å². The lowest BCUT2D eigenvalue weighted by molar-refractivity contribution is -0.131. The van der Waals surface area contributed by atoms with E-state index >= 15 is 0 Å². The average molecular weight is 262 g/mol. The summed E-state index contributed by atoms with van der Waals surface area (Å²) in [7, 11) is 0. The molecule has 1 rings (SSSR count). The van der Waals surface area contributed by atoms with Crippen molar-refractivity contribution in [3.05, 3.63) is 35.9 Å². The number of allylic oxidation sites excluding steroid dienone is 1. The van der Waals surface area contributed by atoms with Gasteiger partial charge in [0, 0.05) is 6.08 Å². The Morgan fingerprint density at radius 3 is 2.21 bits per heavy atom. The maximum absolute atomic E-state index is 10.8. The van der Waals surface area contributed by atoms with Crippen LogP contribution in [0, 0.1) is 11.8 Å². The molecule has 0 aliphatic rings. The van der Waals surface area contributed by atoms with Crippen molar-refractivity contribution in [1.29, 1.82) is 0 Å². The highest BCUT2D eigenvalue weighted by Crippen LogP contribution is 2.25. The van der Waals surface area contributed by atoms with Crippen molar-refractivity contribution in [3.63, 3.8) is 0 Å². The first kappa shape index (κ1) is 15.3. The lowest BCUT2D eigenvalue weighted by atomic mass is 9.95. The Kier molecular flexibility index (Phi) is 5.61. The lowest BCUT2D eigenvalue weighted by Crippen LogP contribution is -2.04. The molecule has 0 amide bonds. The molecule has 104 valence electrons. The smallest absolute Gasteiger partial charge is 0.328 e. The molecule has 0 saturated heterocycles. The summed E-state index contributed by atoms with van der Waals surface area (Å²) < 4.78 is 5.61. The highest BCUT2D eigenvalue weighted by molar-refractivity contribution is 5.90. The van der Waals surface area contributed by atoms with E-state index < -0.39 is 5.97 Å². The van der Waals surface area contributed by atoms with E-state index in [0.29, 0.717) is 12.5 Å². The zero-order chi connectivity index (χ0) is 14.4. The Morgan fingerprint density at radius 1 is 1.21 bits per heavy atom. The van der Waals surface area contributed by atoms with Gasteiger partial charge in [-0.05, 0) is 35.1 Å². The van der Waals surface area contributed by atoms with Crippen LogP contribution in [0.3, 0.4) is 0 Å². The van der Waals surface area contributed by atoms with Crippen molar-refractivity contribution in [2.75, 3.05) is 6.61 Å². The predicted molar refractivity (Wildman–Crippen MR) is 77.2 cm³/mol. The minimum Gasteiger partial charge on any atom is -0.493 e. The van der Waals surface area contributed by atoms with Crippen molar-refractivity contribution in [1.82, 2.24) is 0 Å². The number of carboxylic acids is 1. The van der Waals surface area contributed by atoms with Crippen LogP contribution in [-0.2, 0) is 4.79 Å². The van der Waals surface area contributed by atoms with Crippen molar-refractivity contribution < 1.29 is 14.6 Å². The van der Waals surface area contributed by atoms with Gasteiger partial charge in [-0.3, -0.25) is 0 Å². The van der Waals surface area contributed by atoms with Gasteiger partial charge in [0.1, 0.15) is 5.75 Å². The zero-order valence-corrected chi connectivity index (χ0v) is 12.0. The average Bonchev–Trinajstić information content (AvgIpc) is 2.33. The van der Waals surface area contributed by atoms with Crippen molar-refractivity contribution in [3.8, 4) is 5.75 Å². The number of aliphatic carboxylic acids is 1. The zero-order valence-electron chi connectivity index (χ0n) is 12.0. The van der Waals surface area contributed by atoms with E-state index in [-0.39, 0.29) is 5.92 Å². The van der Waals surface area contributed by atoms with Gasteiger partial charge in [0.05, 0.1) is 6.61 Å².